The number of hydrogen-bond donors (Lipinski definition) is 0. The van der Waals surface area contributed by atoms with E-state index in [0.29, 0.717) is 21.4 Å². The number of hydrogen-bond acceptors (Lipinski definition) is 2. The van der Waals surface area contributed by atoms with Gasteiger partial charge in [-0.25, -0.2) is 4.39 Å². The van der Waals surface area contributed by atoms with E-state index in [9.17, 15) is 4.39 Å². The molecule has 0 radical (unpaired) electrons. The van der Waals surface area contributed by atoms with E-state index in [2.05, 4.69) is 0 Å². The molecule has 0 atom stereocenters. The molecule has 0 aliphatic carbocycles. The van der Waals surface area contributed by atoms with Crippen molar-refractivity contribution in [2.45, 2.75) is 6.61 Å². The highest BCUT2D eigenvalue weighted by Crippen LogP contribution is 2.28. The molecule has 2 aromatic carbocycles. The van der Waals surface area contributed by atoms with Gasteiger partial charge in [0.05, 0.1) is 16.7 Å². The Morgan fingerprint density at radius 1 is 1.16 bits per heavy atom. The summed E-state index contributed by atoms with van der Waals surface area (Å²) in [4.78, 5) is 0. The van der Waals surface area contributed by atoms with Gasteiger partial charge in [0.25, 0.3) is 0 Å². The summed E-state index contributed by atoms with van der Waals surface area (Å²) in [6.45, 7) is 0.0115. The average molecular weight is 296 g/mol. The second-order valence-electron chi connectivity index (χ2n) is 3.78. The molecule has 0 N–H and O–H groups in total. The van der Waals surface area contributed by atoms with E-state index in [1.807, 2.05) is 6.07 Å². The lowest BCUT2D eigenvalue weighted by molar-refractivity contribution is 0.300. The van der Waals surface area contributed by atoms with Crippen LogP contribution in [0.3, 0.4) is 0 Å². The zero-order valence-corrected chi connectivity index (χ0v) is 11.2. The lowest BCUT2D eigenvalue weighted by atomic mass is 10.1. The van der Waals surface area contributed by atoms with Gasteiger partial charge in [-0.2, -0.15) is 5.26 Å². The van der Waals surface area contributed by atoms with Crippen LogP contribution in [0.5, 0.6) is 5.75 Å². The van der Waals surface area contributed by atoms with Gasteiger partial charge >= 0.3 is 0 Å². The van der Waals surface area contributed by atoms with E-state index in [1.165, 1.54) is 12.1 Å². The fourth-order valence-electron chi connectivity index (χ4n) is 1.48. The topological polar surface area (TPSA) is 33.0 Å². The molecule has 0 aliphatic rings. The Balaban J connectivity index is 2.15. The van der Waals surface area contributed by atoms with E-state index in [4.69, 9.17) is 33.2 Å². The van der Waals surface area contributed by atoms with E-state index < -0.39 is 5.82 Å². The van der Waals surface area contributed by atoms with Crippen molar-refractivity contribution in [3.63, 3.8) is 0 Å². The normalized spacial score (nSPS) is 10.0. The second kappa shape index (κ2) is 5.92. The highest BCUT2D eigenvalue weighted by atomic mass is 35.5. The maximum absolute atomic E-state index is 13.6. The zero-order chi connectivity index (χ0) is 13.8. The van der Waals surface area contributed by atoms with Gasteiger partial charge in [-0.15, -0.1) is 0 Å². The summed E-state index contributed by atoms with van der Waals surface area (Å²) in [6.07, 6.45) is 0. The average Bonchev–Trinajstić information content (AvgIpc) is 2.40. The Morgan fingerprint density at radius 3 is 2.63 bits per heavy atom. The molecule has 0 heterocycles. The number of benzene rings is 2. The van der Waals surface area contributed by atoms with Crippen molar-refractivity contribution >= 4 is 23.2 Å². The molecule has 2 aromatic rings. The number of rotatable bonds is 3. The number of halogens is 3. The van der Waals surface area contributed by atoms with Crippen molar-refractivity contribution in [2.24, 2.45) is 0 Å². The highest BCUT2D eigenvalue weighted by molar-refractivity contribution is 6.34. The molecule has 19 heavy (non-hydrogen) atoms. The number of nitriles is 1. The molecule has 0 unspecified atom stereocenters. The molecule has 0 fully saturated rings. The first-order chi connectivity index (χ1) is 9.10. The summed E-state index contributed by atoms with van der Waals surface area (Å²) in [5.41, 5.74) is 0.608. The molecular formula is C14H8Cl2FNO. The van der Waals surface area contributed by atoms with Gasteiger partial charge in [-0.1, -0.05) is 29.3 Å². The molecule has 96 valence electrons. The Bertz CT molecular complexity index is 652. The molecule has 0 saturated heterocycles. The minimum absolute atomic E-state index is 0.0115. The number of nitrogens with zero attached hydrogens (tertiary/aromatic N) is 1. The molecular weight excluding hydrogens is 288 g/mol. The SMILES string of the molecule is N#Cc1ccc(COc2cc(Cl)ccc2Cl)c(F)c1. The predicted molar refractivity (Wildman–Crippen MR) is 71.9 cm³/mol. The van der Waals surface area contributed by atoms with Crippen LogP contribution >= 0.6 is 23.2 Å². The van der Waals surface area contributed by atoms with Gasteiger partial charge in [0.2, 0.25) is 0 Å². The quantitative estimate of drug-likeness (QED) is 0.830. The monoisotopic (exact) mass is 295 g/mol. The first kappa shape index (κ1) is 13.7. The lowest BCUT2D eigenvalue weighted by Crippen LogP contribution is -1.99. The smallest absolute Gasteiger partial charge is 0.139 e. The van der Waals surface area contributed by atoms with Gasteiger partial charge in [0.1, 0.15) is 18.2 Å². The van der Waals surface area contributed by atoms with E-state index in [-0.39, 0.29) is 12.2 Å². The van der Waals surface area contributed by atoms with Crippen molar-refractivity contribution in [1.82, 2.24) is 0 Å². The third kappa shape index (κ3) is 3.37. The molecule has 0 aliphatic heterocycles. The van der Waals surface area contributed by atoms with Gasteiger partial charge in [-0.3, -0.25) is 0 Å². The lowest BCUT2D eigenvalue weighted by Gasteiger charge is -2.09. The standard InChI is InChI=1S/C14H8Cl2FNO/c15-11-3-4-12(16)14(6-11)19-8-10-2-1-9(7-18)5-13(10)17/h1-6H,8H2. The van der Waals surface area contributed by atoms with Crippen LogP contribution in [0.1, 0.15) is 11.1 Å². The fraction of sp³-hybridized carbons (Fsp3) is 0.0714. The van der Waals surface area contributed by atoms with Crippen LogP contribution in [0.2, 0.25) is 10.0 Å². The summed E-state index contributed by atoms with van der Waals surface area (Å²) in [5, 5.41) is 9.53. The van der Waals surface area contributed by atoms with Crippen molar-refractivity contribution in [3.05, 3.63) is 63.4 Å². The maximum atomic E-state index is 13.6. The van der Waals surface area contributed by atoms with Crippen molar-refractivity contribution in [3.8, 4) is 11.8 Å². The van der Waals surface area contributed by atoms with Gasteiger partial charge in [-0.05, 0) is 24.3 Å². The molecule has 0 saturated carbocycles. The minimum atomic E-state index is -0.489. The molecule has 5 heteroatoms. The Kier molecular flexibility index (Phi) is 4.26. The van der Waals surface area contributed by atoms with Crippen LogP contribution in [-0.4, -0.2) is 0 Å². The van der Waals surface area contributed by atoms with Crippen molar-refractivity contribution < 1.29 is 9.13 Å². The molecule has 0 amide bonds. The van der Waals surface area contributed by atoms with Crippen LogP contribution < -0.4 is 4.74 Å². The third-order valence-electron chi connectivity index (χ3n) is 2.46. The predicted octanol–water partition coefficient (Wildman–Crippen LogP) is 4.58. The van der Waals surface area contributed by atoms with Crippen LogP contribution in [0, 0.1) is 17.1 Å². The third-order valence-corrected chi connectivity index (χ3v) is 3.01. The van der Waals surface area contributed by atoms with E-state index >= 15 is 0 Å². The fourth-order valence-corrected chi connectivity index (χ4v) is 1.81. The summed E-state index contributed by atoms with van der Waals surface area (Å²) in [6, 6.07) is 10.9. The maximum Gasteiger partial charge on any atom is 0.139 e. The summed E-state index contributed by atoms with van der Waals surface area (Å²) in [7, 11) is 0. The van der Waals surface area contributed by atoms with Crippen molar-refractivity contribution in [1.29, 1.82) is 5.26 Å². The second-order valence-corrected chi connectivity index (χ2v) is 4.63. The first-order valence-electron chi connectivity index (χ1n) is 5.36. The first-order valence-corrected chi connectivity index (χ1v) is 6.12. The van der Waals surface area contributed by atoms with Crippen LogP contribution in [0.25, 0.3) is 0 Å². The van der Waals surface area contributed by atoms with Crippen LogP contribution in [0.4, 0.5) is 4.39 Å². The summed E-state index contributed by atoms with van der Waals surface area (Å²) < 4.78 is 19.0. The van der Waals surface area contributed by atoms with Gasteiger partial charge in [0.15, 0.2) is 0 Å². The summed E-state index contributed by atoms with van der Waals surface area (Å²) in [5.74, 6) is -0.102. The molecule has 0 bridgehead atoms. The van der Waals surface area contributed by atoms with Crippen molar-refractivity contribution in [2.75, 3.05) is 0 Å². The molecule has 2 rings (SSSR count). The van der Waals surface area contributed by atoms with Gasteiger partial charge < -0.3 is 4.74 Å². The van der Waals surface area contributed by atoms with Gasteiger partial charge in [0, 0.05) is 16.7 Å². The van der Waals surface area contributed by atoms with E-state index in [0.717, 1.165) is 6.07 Å². The Morgan fingerprint density at radius 2 is 1.95 bits per heavy atom. The molecule has 0 spiro atoms. The zero-order valence-electron chi connectivity index (χ0n) is 9.66. The highest BCUT2D eigenvalue weighted by Gasteiger charge is 2.07. The minimum Gasteiger partial charge on any atom is -0.487 e. The number of ether oxygens (including phenoxy) is 1. The van der Waals surface area contributed by atoms with Crippen LogP contribution in [-0.2, 0) is 6.61 Å². The van der Waals surface area contributed by atoms with Crippen LogP contribution in [0.15, 0.2) is 36.4 Å². The Hall–Kier alpha value is -1.76. The Labute approximate surface area is 119 Å². The molecule has 0 aromatic heterocycles. The van der Waals surface area contributed by atoms with E-state index in [1.54, 1.807) is 18.2 Å². The molecule has 2 nitrogen and oxygen atoms in total. The summed E-state index contributed by atoms with van der Waals surface area (Å²) >= 11 is 11.8. The largest absolute Gasteiger partial charge is 0.487 e.